The SMILES string of the molecule is COc1cc(C)cc(C(C)CCN)c1F. The molecule has 1 aromatic carbocycles. The van der Waals surface area contributed by atoms with E-state index < -0.39 is 0 Å². The maximum absolute atomic E-state index is 13.9. The third-order valence-electron chi connectivity index (χ3n) is 2.56. The fourth-order valence-corrected chi connectivity index (χ4v) is 1.68. The van der Waals surface area contributed by atoms with Gasteiger partial charge in [-0.15, -0.1) is 0 Å². The molecular weight excluding hydrogens is 193 g/mol. The van der Waals surface area contributed by atoms with Crippen LogP contribution in [0.5, 0.6) is 5.75 Å². The number of benzene rings is 1. The number of rotatable bonds is 4. The first-order chi connectivity index (χ1) is 7.10. The molecule has 15 heavy (non-hydrogen) atoms. The molecule has 2 nitrogen and oxygen atoms in total. The normalized spacial score (nSPS) is 12.6. The highest BCUT2D eigenvalue weighted by Crippen LogP contribution is 2.29. The monoisotopic (exact) mass is 211 g/mol. The average Bonchev–Trinajstić information content (AvgIpc) is 2.21. The van der Waals surface area contributed by atoms with Crippen LogP contribution in [0.15, 0.2) is 12.1 Å². The van der Waals surface area contributed by atoms with Gasteiger partial charge in [0, 0.05) is 0 Å². The molecule has 0 aliphatic heterocycles. The Morgan fingerprint density at radius 2 is 2.13 bits per heavy atom. The largest absolute Gasteiger partial charge is 0.494 e. The van der Waals surface area contributed by atoms with E-state index in [1.165, 1.54) is 7.11 Å². The molecule has 0 radical (unpaired) electrons. The van der Waals surface area contributed by atoms with Gasteiger partial charge in [0.15, 0.2) is 11.6 Å². The van der Waals surface area contributed by atoms with Gasteiger partial charge in [-0.1, -0.05) is 13.0 Å². The lowest BCUT2D eigenvalue weighted by molar-refractivity contribution is 0.382. The zero-order valence-corrected chi connectivity index (χ0v) is 9.51. The Hall–Kier alpha value is -1.09. The molecule has 0 saturated carbocycles. The summed E-state index contributed by atoms with van der Waals surface area (Å²) in [5.74, 6) is 0.182. The second-order valence-corrected chi connectivity index (χ2v) is 3.85. The maximum Gasteiger partial charge on any atom is 0.168 e. The van der Waals surface area contributed by atoms with E-state index in [4.69, 9.17) is 10.5 Å². The number of aryl methyl sites for hydroxylation is 1. The van der Waals surface area contributed by atoms with Crippen LogP contribution < -0.4 is 10.5 Å². The molecule has 1 aromatic rings. The standard InChI is InChI=1S/C12H18FNO/c1-8-6-10(9(2)4-5-14)12(13)11(7-8)15-3/h6-7,9H,4-5,14H2,1-3H3. The van der Waals surface area contributed by atoms with Gasteiger partial charge in [0.05, 0.1) is 7.11 Å². The molecule has 0 fully saturated rings. The molecule has 0 bridgehead atoms. The Labute approximate surface area is 90.2 Å². The maximum atomic E-state index is 13.9. The van der Waals surface area contributed by atoms with Gasteiger partial charge in [0.2, 0.25) is 0 Å². The van der Waals surface area contributed by atoms with E-state index >= 15 is 0 Å². The van der Waals surface area contributed by atoms with Crippen molar-refractivity contribution in [2.45, 2.75) is 26.2 Å². The van der Waals surface area contributed by atoms with Gasteiger partial charge < -0.3 is 10.5 Å². The van der Waals surface area contributed by atoms with E-state index in [9.17, 15) is 4.39 Å². The second-order valence-electron chi connectivity index (χ2n) is 3.85. The highest BCUT2D eigenvalue weighted by atomic mass is 19.1. The van der Waals surface area contributed by atoms with Crippen molar-refractivity contribution in [2.75, 3.05) is 13.7 Å². The zero-order chi connectivity index (χ0) is 11.4. The topological polar surface area (TPSA) is 35.2 Å². The van der Waals surface area contributed by atoms with Gasteiger partial charge in [-0.2, -0.15) is 0 Å². The zero-order valence-electron chi connectivity index (χ0n) is 9.51. The predicted octanol–water partition coefficient (Wildman–Crippen LogP) is 2.60. The number of methoxy groups -OCH3 is 1. The summed E-state index contributed by atoms with van der Waals surface area (Å²) < 4.78 is 18.8. The lowest BCUT2D eigenvalue weighted by atomic mass is 9.95. The molecule has 0 aromatic heterocycles. The third kappa shape index (κ3) is 2.69. The Morgan fingerprint density at radius 3 is 2.67 bits per heavy atom. The first-order valence-electron chi connectivity index (χ1n) is 5.14. The highest BCUT2D eigenvalue weighted by Gasteiger charge is 2.15. The van der Waals surface area contributed by atoms with Crippen molar-refractivity contribution in [1.29, 1.82) is 0 Å². The van der Waals surface area contributed by atoms with Gasteiger partial charge in [-0.25, -0.2) is 4.39 Å². The van der Waals surface area contributed by atoms with Crippen LogP contribution in [-0.4, -0.2) is 13.7 Å². The van der Waals surface area contributed by atoms with Crippen molar-refractivity contribution in [3.63, 3.8) is 0 Å². The van der Waals surface area contributed by atoms with Crippen molar-refractivity contribution in [3.8, 4) is 5.75 Å². The quantitative estimate of drug-likeness (QED) is 0.830. The molecule has 3 heteroatoms. The van der Waals surface area contributed by atoms with Crippen LogP contribution in [0, 0.1) is 12.7 Å². The van der Waals surface area contributed by atoms with Crippen molar-refractivity contribution in [1.82, 2.24) is 0 Å². The molecule has 1 rings (SSSR count). The van der Waals surface area contributed by atoms with E-state index in [0.717, 1.165) is 12.0 Å². The van der Waals surface area contributed by atoms with E-state index in [1.807, 2.05) is 19.9 Å². The molecular formula is C12H18FNO. The minimum Gasteiger partial charge on any atom is -0.494 e. The minimum atomic E-state index is -0.260. The molecule has 1 atom stereocenters. The first kappa shape index (κ1) is 12.0. The number of hydrogen-bond acceptors (Lipinski definition) is 2. The summed E-state index contributed by atoms with van der Waals surface area (Å²) in [4.78, 5) is 0. The molecule has 84 valence electrons. The summed E-state index contributed by atoms with van der Waals surface area (Å²) in [7, 11) is 1.48. The minimum absolute atomic E-state index is 0.129. The van der Waals surface area contributed by atoms with Crippen LogP contribution in [0.25, 0.3) is 0 Å². The second kappa shape index (κ2) is 5.12. The Bertz CT molecular complexity index is 339. The van der Waals surface area contributed by atoms with Crippen LogP contribution in [0.4, 0.5) is 4.39 Å². The summed E-state index contributed by atoms with van der Waals surface area (Å²) in [6.07, 6.45) is 0.781. The van der Waals surface area contributed by atoms with Crippen LogP contribution in [0.2, 0.25) is 0 Å². The Balaban J connectivity index is 3.11. The molecule has 0 aliphatic rings. The number of ether oxygens (including phenoxy) is 1. The van der Waals surface area contributed by atoms with Gasteiger partial charge in [-0.05, 0) is 43.0 Å². The average molecular weight is 211 g/mol. The molecule has 2 N–H and O–H groups in total. The molecule has 0 amide bonds. The number of halogens is 1. The van der Waals surface area contributed by atoms with Gasteiger partial charge in [-0.3, -0.25) is 0 Å². The highest BCUT2D eigenvalue weighted by molar-refractivity contribution is 5.37. The van der Waals surface area contributed by atoms with E-state index in [1.54, 1.807) is 6.07 Å². The van der Waals surface area contributed by atoms with Gasteiger partial charge in [0.25, 0.3) is 0 Å². The van der Waals surface area contributed by atoms with Crippen molar-refractivity contribution < 1.29 is 9.13 Å². The summed E-state index contributed by atoms with van der Waals surface area (Å²) in [6, 6.07) is 3.56. The predicted molar refractivity (Wildman–Crippen MR) is 59.8 cm³/mol. The van der Waals surface area contributed by atoms with Crippen molar-refractivity contribution in [2.24, 2.45) is 5.73 Å². The molecule has 0 spiro atoms. The van der Waals surface area contributed by atoms with E-state index in [-0.39, 0.29) is 11.7 Å². The number of hydrogen-bond donors (Lipinski definition) is 1. The van der Waals surface area contributed by atoms with Crippen LogP contribution in [-0.2, 0) is 0 Å². The van der Waals surface area contributed by atoms with Crippen LogP contribution >= 0.6 is 0 Å². The lowest BCUT2D eigenvalue weighted by Crippen LogP contribution is -2.07. The van der Waals surface area contributed by atoms with E-state index in [0.29, 0.717) is 17.9 Å². The summed E-state index contributed by atoms with van der Waals surface area (Å²) in [5.41, 5.74) is 7.17. The lowest BCUT2D eigenvalue weighted by Gasteiger charge is -2.14. The van der Waals surface area contributed by atoms with Gasteiger partial charge in [0.1, 0.15) is 0 Å². The molecule has 0 heterocycles. The third-order valence-corrected chi connectivity index (χ3v) is 2.56. The fraction of sp³-hybridized carbons (Fsp3) is 0.500. The van der Waals surface area contributed by atoms with Crippen LogP contribution in [0.3, 0.4) is 0 Å². The fourth-order valence-electron chi connectivity index (χ4n) is 1.68. The summed E-state index contributed by atoms with van der Waals surface area (Å²) in [6.45, 7) is 4.47. The molecule has 1 unspecified atom stereocenters. The number of nitrogens with two attached hydrogens (primary N) is 1. The van der Waals surface area contributed by atoms with Crippen molar-refractivity contribution in [3.05, 3.63) is 29.1 Å². The smallest absolute Gasteiger partial charge is 0.168 e. The summed E-state index contributed by atoms with van der Waals surface area (Å²) >= 11 is 0. The van der Waals surface area contributed by atoms with Crippen LogP contribution in [0.1, 0.15) is 30.4 Å². The molecule has 0 saturated heterocycles. The Kier molecular flexibility index (Phi) is 4.09. The van der Waals surface area contributed by atoms with E-state index in [2.05, 4.69) is 0 Å². The van der Waals surface area contributed by atoms with Gasteiger partial charge >= 0.3 is 0 Å². The summed E-state index contributed by atoms with van der Waals surface area (Å²) in [5, 5.41) is 0. The Morgan fingerprint density at radius 1 is 1.47 bits per heavy atom. The first-order valence-corrected chi connectivity index (χ1v) is 5.14. The molecule has 0 aliphatic carbocycles. The van der Waals surface area contributed by atoms with Crippen molar-refractivity contribution >= 4 is 0 Å².